The van der Waals surface area contributed by atoms with Gasteiger partial charge in [0.2, 0.25) is 0 Å². The Labute approximate surface area is 133 Å². The van der Waals surface area contributed by atoms with Gasteiger partial charge in [0.1, 0.15) is 0 Å². The number of hydrogen-bond donors (Lipinski definition) is 1. The SMILES string of the molecule is CC/C(=N/NC(=O)c1ccc(Cl)cc1Cl)c1ccccc1. The first-order valence-corrected chi connectivity index (χ1v) is 7.24. The van der Waals surface area contributed by atoms with Crippen LogP contribution in [0.2, 0.25) is 10.0 Å². The van der Waals surface area contributed by atoms with E-state index in [1.807, 2.05) is 37.3 Å². The number of benzene rings is 2. The van der Waals surface area contributed by atoms with Crippen LogP contribution in [-0.2, 0) is 0 Å². The lowest BCUT2D eigenvalue weighted by Gasteiger charge is -2.06. The van der Waals surface area contributed by atoms with Crippen molar-refractivity contribution in [1.82, 2.24) is 5.43 Å². The predicted molar refractivity (Wildman–Crippen MR) is 87.2 cm³/mol. The lowest BCUT2D eigenvalue weighted by molar-refractivity contribution is 0.0955. The molecule has 1 N–H and O–H groups in total. The van der Waals surface area contributed by atoms with Crippen LogP contribution in [0, 0.1) is 0 Å². The average molecular weight is 321 g/mol. The summed E-state index contributed by atoms with van der Waals surface area (Å²) in [5, 5.41) is 4.96. The first kappa shape index (κ1) is 15.5. The second kappa shape index (κ2) is 7.25. The summed E-state index contributed by atoms with van der Waals surface area (Å²) < 4.78 is 0. The summed E-state index contributed by atoms with van der Waals surface area (Å²) in [5.74, 6) is -0.362. The van der Waals surface area contributed by atoms with Gasteiger partial charge < -0.3 is 0 Å². The van der Waals surface area contributed by atoms with Gasteiger partial charge in [0, 0.05) is 5.02 Å². The highest BCUT2D eigenvalue weighted by Crippen LogP contribution is 2.20. The second-order valence-electron chi connectivity index (χ2n) is 4.34. The zero-order chi connectivity index (χ0) is 15.2. The van der Waals surface area contributed by atoms with Crippen LogP contribution in [0.25, 0.3) is 0 Å². The van der Waals surface area contributed by atoms with Gasteiger partial charge in [-0.05, 0) is 30.2 Å². The highest BCUT2D eigenvalue weighted by atomic mass is 35.5. The Kier molecular flexibility index (Phi) is 5.37. The van der Waals surface area contributed by atoms with Crippen LogP contribution >= 0.6 is 23.2 Å². The molecular weight excluding hydrogens is 307 g/mol. The zero-order valence-electron chi connectivity index (χ0n) is 11.4. The summed E-state index contributed by atoms with van der Waals surface area (Å²) in [6.45, 7) is 1.98. The summed E-state index contributed by atoms with van der Waals surface area (Å²) in [5.41, 5.74) is 4.65. The Morgan fingerprint density at radius 1 is 1.14 bits per heavy atom. The maximum absolute atomic E-state index is 12.1. The summed E-state index contributed by atoms with van der Waals surface area (Å²) in [4.78, 5) is 12.1. The molecule has 0 aliphatic carbocycles. The van der Waals surface area contributed by atoms with Crippen LogP contribution in [0.3, 0.4) is 0 Å². The molecule has 0 spiro atoms. The molecule has 1 amide bonds. The number of amides is 1. The van der Waals surface area contributed by atoms with Gasteiger partial charge in [0.15, 0.2) is 0 Å². The minimum absolute atomic E-state index is 0.299. The van der Waals surface area contributed by atoms with Crippen molar-refractivity contribution in [2.24, 2.45) is 5.10 Å². The molecule has 0 heterocycles. The van der Waals surface area contributed by atoms with E-state index in [1.165, 1.54) is 6.07 Å². The molecule has 0 bridgehead atoms. The molecule has 0 aliphatic rings. The largest absolute Gasteiger partial charge is 0.272 e. The first-order chi connectivity index (χ1) is 10.1. The highest BCUT2D eigenvalue weighted by Gasteiger charge is 2.10. The average Bonchev–Trinajstić information content (AvgIpc) is 2.48. The van der Waals surface area contributed by atoms with E-state index < -0.39 is 0 Å². The quantitative estimate of drug-likeness (QED) is 0.652. The van der Waals surface area contributed by atoms with Gasteiger partial charge in [-0.2, -0.15) is 5.10 Å². The monoisotopic (exact) mass is 320 g/mol. The Balaban J connectivity index is 2.17. The lowest BCUT2D eigenvalue weighted by Crippen LogP contribution is -2.20. The van der Waals surface area contributed by atoms with Crippen molar-refractivity contribution in [2.75, 3.05) is 0 Å². The van der Waals surface area contributed by atoms with Gasteiger partial charge >= 0.3 is 0 Å². The van der Waals surface area contributed by atoms with E-state index in [-0.39, 0.29) is 5.91 Å². The summed E-state index contributed by atoms with van der Waals surface area (Å²) >= 11 is 11.8. The fraction of sp³-hybridized carbons (Fsp3) is 0.125. The molecule has 0 saturated heterocycles. The molecule has 0 radical (unpaired) electrons. The normalized spacial score (nSPS) is 11.3. The van der Waals surface area contributed by atoms with Crippen molar-refractivity contribution in [3.8, 4) is 0 Å². The van der Waals surface area contributed by atoms with Crippen molar-refractivity contribution < 1.29 is 4.79 Å². The molecule has 2 aromatic carbocycles. The maximum Gasteiger partial charge on any atom is 0.272 e. The fourth-order valence-corrected chi connectivity index (χ4v) is 2.32. The first-order valence-electron chi connectivity index (χ1n) is 6.49. The number of nitrogens with one attached hydrogen (secondary N) is 1. The second-order valence-corrected chi connectivity index (χ2v) is 5.19. The summed E-state index contributed by atoms with van der Waals surface area (Å²) in [7, 11) is 0. The maximum atomic E-state index is 12.1. The van der Waals surface area contributed by atoms with Crippen LogP contribution in [0.4, 0.5) is 0 Å². The van der Waals surface area contributed by atoms with Crippen LogP contribution in [0.15, 0.2) is 53.6 Å². The molecule has 0 aromatic heterocycles. The highest BCUT2D eigenvalue weighted by molar-refractivity contribution is 6.36. The van der Waals surface area contributed by atoms with Gasteiger partial charge in [-0.25, -0.2) is 5.43 Å². The minimum atomic E-state index is -0.362. The molecule has 5 heteroatoms. The molecule has 108 valence electrons. The van der Waals surface area contributed by atoms with Gasteiger partial charge in [-0.1, -0.05) is 60.5 Å². The van der Waals surface area contributed by atoms with Gasteiger partial charge in [-0.3, -0.25) is 4.79 Å². The molecule has 0 unspecified atom stereocenters. The topological polar surface area (TPSA) is 41.5 Å². The standard InChI is InChI=1S/C16H14Cl2N2O/c1-2-15(11-6-4-3-5-7-11)19-20-16(21)13-9-8-12(17)10-14(13)18/h3-10H,2H2,1H3,(H,20,21)/b19-15-. The van der Waals surface area contributed by atoms with Crippen LogP contribution in [-0.4, -0.2) is 11.6 Å². The van der Waals surface area contributed by atoms with Crippen molar-refractivity contribution in [2.45, 2.75) is 13.3 Å². The molecule has 2 rings (SSSR count). The number of carbonyl (C=O) groups is 1. The van der Waals surface area contributed by atoms with Gasteiger partial charge in [-0.15, -0.1) is 0 Å². The predicted octanol–water partition coefficient (Wildman–Crippen LogP) is 4.54. The van der Waals surface area contributed by atoms with Gasteiger partial charge in [0.25, 0.3) is 5.91 Å². The van der Waals surface area contributed by atoms with E-state index in [0.29, 0.717) is 22.0 Å². The third-order valence-electron chi connectivity index (χ3n) is 2.91. The van der Waals surface area contributed by atoms with E-state index in [4.69, 9.17) is 23.2 Å². The number of halogens is 2. The fourth-order valence-electron chi connectivity index (χ4n) is 1.83. The lowest BCUT2D eigenvalue weighted by atomic mass is 10.1. The van der Waals surface area contributed by atoms with Gasteiger partial charge in [0.05, 0.1) is 16.3 Å². The zero-order valence-corrected chi connectivity index (χ0v) is 12.9. The summed E-state index contributed by atoms with van der Waals surface area (Å²) in [6, 6.07) is 14.4. The van der Waals surface area contributed by atoms with Crippen LogP contribution < -0.4 is 5.43 Å². The number of hydrazone groups is 1. The van der Waals surface area contributed by atoms with Crippen molar-refractivity contribution in [3.05, 3.63) is 69.7 Å². The van der Waals surface area contributed by atoms with Crippen molar-refractivity contribution in [3.63, 3.8) is 0 Å². The van der Waals surface area contributed by atoms with E-state index in [1.54, 1.807) is 12.1 Å². The third kappa shape index (κ3) is 4.06. The van der Waals surface area contributed by atoms with Crippen LogP contribution in [0.5, 0.6) is 0 Å². The number of rotatable bonds is 4. The Hall–Kier alpha value is -1.84. The Morgan fingerprint density at radius 2 is 1.86 bits per heavy atom. The molecule has 2 aromatic rings. The molecule has 0 saturated carbocycles. The summed E-state index contributed by atoms with van der Waals surface area (Å²) in [6.07, 6.45) is 0.707. The molecular formula is C16H14Cl2N2O. The van der Waals surface area contributed by atoms with E-state index in [9.17, 15) is 4.79 Å². The third-order valence-corrected chi connectivity index (χ3v) is 3.46. The molecule has 0 fully saturated rings. The van der Waals surface area contributed by atoms with Crippen molar-refractivity contribution in [1.29, 1.82) is 0 Å². The number of hydrogen-bond acceptors (Lipinski definition) is 2. The molecule has 21 heavy (non-hydrogen) atoms. The Morgan fingerprint density at radius 3 is 2.48 bits per heavy atom. The van der Waals surface area contributed by atoms with Crippen LogP contribution in [0.1, 0.15) is 29.3 Å². The molecule has 3 nitrogen and oxygen atoms in total. The van der Waals surface area contributed by atoms with E-state index >= 15 is 0 Å². The van der Waals surface area contributed by atoms with E-state index in [0.717, 1.165) is 11.3 Å². The number of nitrogens with zero attached hydrogens (tertiary/aromatic N) is 1. The Bertz CT molecular complexity index is 669. The number of carbonyl (C=O) groups excluding carboxylic acids is 1. The van der Waals surface area contributed by atoms with Crippen molar-refractivity contribution >= 4 is 34.8 Å². The molecule has 0 aliphatic heterocycles. The minimum Gasteiger partial charge on any atom is -0.267 e. The van der Waals surface area contributed by atoms with E-state index in [2.05, 4.69) is 10.5 Å². The smallest absolute Gasteiger partial charge is 0.267 e. The molecule has 0 atom stereocenters.